The number of carboxylic acids is 2. The molecule has 1 saturated heterocycles. The van der Waals surface area contributed by atoms with Crippen LogP contribution >= 0.6 is 0 Å². The summed E-state index contributed by atoms with van der Waals surface area (Å²) in [6.07, 6.45) is 0.316. The number of aliphatic hydroxyl groups excluding tert-OH is 2. The summed E-state index contributed by atoms with van der Waals surface area (Å²) in [6, 6.07) is 4.49. The fraction of sp³-hybridized carbons (Fsp3) is 0.412. The molecule has 9 heteroatoms. The molecule has 2 aliphatic rings. The lowest BCUT2D eigenvalue weighted by Crippen LogP contribution is -2.39. The molecule has 1 aromatic heterocycles. The van der Waals surface area contributed by atoms with Gasteiger partial charge in [0, 0.05) is 25.5 Å². The summed E-state index contributed by atoms with van der Waals surface area (Å²) in [4.78, 5) is 28.3. The van der Waals surface area contributed by atoms with Crippen molar-refractivity contribution in [2.75, 3.05) is 13.1 Å². The zero-order valence-electron chi connectivity index (χ0n) is 13.7. The van der Waals surface area contributed by atoms with Gasteiger partial charge in [-0.1, -0.05) is 0 Å². The van der Waals surface area contributed by atoms with Crippen molar-refractivity contribution in [3.05, 3.63) is 35.7 Å². The molecule has 138 valence electrons. The number of aromatic nitrogens is 2. The molecule has 0 radical (unpaired) electrons. The molecule has 2 bridgehead atoms. The fourth-order valence-corrected chi connectivity index (χ4v) is 3.44. The molecule has 3 unspecified atom stereocenters. The highest BCUT2D eigenvalue weighted by Crippen LogP contribution is 2.44. The van der Waals surface area contributed by atoms with Crippen LogP contribution in [0.15, 0.2) is 24.5 Å². The first-order chi connectivity index (χ1) is 12.4. The Balaban J connectivity index is 0.000000172. The third-order valence-electron chi connectivity index (χ3n) is 4.71. The summed E-state index contributed by atoms with van der Waals surface area (Å²) in [5.41, 5.74) is 5.08. The number of aliphatic carboxylic acids is 2. The topological polar surface area (TPSA) is 153 Å². The molecule has 4 rings (SSSR count). The summed E-state index contributed by atoms with van der Waals surface area (Å²) >= 11 is 0. The Bertz CT molecular complexity index is 776. The van der Waals surface area contributed by atoms with Gasteiger partial charge in [0.25, 0.3) is 0 Å². The zero-order chi connectivity index (χ0) is 18.8. The van der Waals surface area contributed by atoms with Gasteiger partial charge in [-0.05, 0) is 41.5 Å². The number of piperidine rings is 1. The van der Waals surface area contributed by atoms with E-state index in [2.05, 4.69) is 27.4 Å². The molecule has 0 saturated carbocycles. The van der Waals surface area contributed by atoms with Crippen LogP contribution in [0.3, 0.4) is 0 Å². The van der Waals surface area contributed by atoms with Crippen LogP contribution in [0, 0.1) is 0 Å². The summed E-state index contributed by atoms with van der Waals surface area (Å²) in [6.45, 7) is 2.24. The highest BCUT2D eigenvalue weighted by molar-refractivity contribution is 5.83. The van der Waals surface area contributed by atoms with Gasteiger partial charge in [0.1, 0.15) is 0 Å². The van der Waals surface area contributed by atoms with Crippen molar-refractivity contribution < 1.29 is 30.0 Å². The summed E-state index contributed by atoms with van der Waals surface area (Å²) in [5, 5.41) is 36.0. The van der Waals surface area contributed by atoms with Gasteiger partial charge in [-0.15, -0.1) is 0 Å². The van der Waals surface area contributed by atoms with Gasteiger partial charge in [-0.25, -0.2) is 9.59 Å². The SMILES string of the molecule is O=C(O)C(O)[C@@H](O)C(=O)O.c1cnc2cc3c(cc2n1)C1CNCC3C1. The van der Waals surface area contributed by atoms with Crippen molar-refractivity contribution in [3.63, 3.8) is 0 Å². The smallest absolute Gasteiger partial charge is 0.335 e. The first kappa shape index (κ1) is 18.2. The molecular weight excluding hydrogens is 342 g/mol. The van der Waals surface area contributed by atoms with Gasteiger partial charge < -0.3 is 25.7 Å². The van der Waals surface area contributed by atoms with Crippen molar-refractivity contribution in [2.24, 2.45) is 0 Å². The number of carboxylic acid groups (broad SMARTS) is 2. The monoisotopic (exact) mass is 361 g/mol. The van der Waals surface area contributed by atoms with Crippen LogP contribution in [0.4, 0.5) is 0 Å². The van der Waals surface area contributed by atoms with Crippen molar-refractivity contribution in [1.82, 2.24) is 15.3 Å². The number of aliphatic hydroxyl groups is 2. The van der Waals surface area contributed by atoms with Crippen LogP contribution < -0.4 is 5.32 Å². The quantitative estimate of drug-likeness (QED) is 0.495. The Hall–Kier alpha value is -2.62. The lowest BCUT2D eigenvalue weighted by atomic mass is 9.98. The molecule has 1 aliphatic carbocycles. The van der Waals surface area contributed by atoms with E-state index in [1.54, 1.807) is 12.4 Å². The molecule has 4 atom stereocenters. The number of carbonyl (C=O) groups is 2. The molecule has 0 amide bonds. The second kappa shape index (κ2) is 7.32. The van der Waals surface area contributed by atoms with E-state index < -0.39 is 24.1 Å². The standard InChI is InChI=1S/C13H13N3.C4H6O6/c1-2-16-13-5-11-9-3-8(6-14-7-9)10(11)4-12(13)15-1;5-1(3(7)8)2(6)4(9)10/h1-2,4-5,8-9,14H,3,6-7H2;1-2,5-6H,(H,7,8)(H,9,10)/t;1-,2?/m.1/s1. The Kier molecular flexibility index (Phi) is 5.12. The number of fused-ring (bicyclic) bond motifs is 6. The summed E-state index contributed by atoms with van der Waals surface area (Å²) in [5.74, 6) is -2.15. The molecule has 1 fully saturated rings. The summed E-state index contributed by atoms with van der Waals surface area (Å²) in [7, 11) is 0. The van der Waals surface area contributed by atoms with Crippen LogP contribution in [0.25, 0.3) is 11.0 Å². The van der Waals surface area contributed by atoms with Gasteiger partial charge in [0.15, 0.2) is 12.2 Å². The molecule has 1 aliphatic heterocycles. The molecule has 2 aromatic rings. The normalized spacial score (nSPS) is 22.7. The predicted octanol–water partition coefficient (Wildman–Crippen LogP) is -0.319. The Labute approximate surface area is 148 Å². The maximum atomic E-state index is 9.77. The van der Waals surface area contributed by atoms with Crippen molar-refractivity contribution >= 4 is 23.0 Å². The van der Waals surface area contributed by atoms with E-state index in [0.29, 0.717) is 11.8 Å². The third-order valence-corrected chi connectivity index (χ3v) is 4.71. The van der Waals surface area contributed by atoms with E-state index in [0.717, 1.165) is 24.1 Å². The number of rotatable bonds is 3. The van der Waals surface area contributed by atoms with Crippen LogP contribution in [0.1, 0.15) is 29.4 Å². The Morgan fingerprint density at radius 1 is 0.923 bits per heavy atom. The second-order valence-corrected chi connectivity index (χ2v) is 6.38. The van der Waals surface area contributed by atoms with E-state index in [1.807, 2.05) is 0 Å². The maximum absolute atomic E-state index is 9.77. The average Bonchev–Trinajstić information content (AvgIpc) is 2.88. The van der Waals surface area contributed by atoms with Gasteiger partial charge in [-0.2, -0.15) is 0 Å². The number of hydrogen-bond donors (Lipinski definition) is 5. The molecule has 26 heavy (non-hydrogen) atoms. The van der Waals surface area contributed by atoms with Crippen LogP contribution in [0.5, 0.6) is 0 Å². The van der Waals surface area contributed by atoms with Crippen molar-refractivity contribution in [3.8, 4) is 0 Å². The average molecular weight is 361 g/mol. The van der Waals surface area contributed by atoms with Crippen LogP contribution in [-0.2, 0) is 9.59 Å². The highest BCUT2D eigenvalue weighted by Gasteiger charge is 2.34. The first-order valence-electron chi connectivity index (χ1n) is 8.15. The van der Waals surface area contributed by atoms with Crippen LogP contribution in [-0.4, -0.2) is 67.6 Å². The van der Waals surface area contributed by atoms with E-state index in [1.165, 1.54) is 17.5 Å². The first-order valence-corrected chi connectivity index (χ1v) is 8.15. The van der Waals surface area contributed by atoms with E-state index in [9.17, 15) is 9.59 Å². The lowest BCUT2D eigenvalue weighted by Gasteiger charge is -2.19. The number of nitrogens with one attached hydrogen (secondary N) is 1. The molecule has 5 N–H and O–H groups in total. The van der Waals surface area contributed by atoms with Crippen LogP contribution in [0.2, 0.25) is 0 Å². The molecule has 2 heterocycles. The predicted molar refractivity (Wildman–Crippen MR) is 89.8 cm³/mol. The largest absolute Gasteiger partial charge is 0.479 e. The molecule has 9 nitrogen and oxygen atoms in total. The molecular formula is C17H19N3O6. The molecule has 0 spiro atoms. The lowest BCUT2D eigenvalue weighted by molar-refractivity contribution is -0.165. The van der Waals surface area contributed by atoms with E-state index in [4.69, 9.17) is 20.4 Å². The van der Waals surface area contributed by atoms with E-state index in [-0.39, 0.29) is 0 Å². The summed E-state index contributed by atoms with van der Waals surface area (Å²) < 4.78 is 0. The number of hydrogen-bond acceptors (Lipinski definition) is 7. The van der Waals surface area contributed by atoms with Gasteiger partial charge in [0.05, 0.1) is 11.0 Å². The highest BCUT2D eigenvalue weighted by atomic mass is 16.4. The van der Waals surface area contributed by atoms with E-state index >= 15 is 0 Å². The minimum atomic E-state index is -2.27. The molecule has 1 aromatic carbocycles. The van der Waals surface area contributed by atoms with Crippen molar-refractivity contribution in [1.29, 1.82) is 0 Å². The number of nitrogens with zero attached hydrogens (tertiary/aromatic N) is 2. The van der Waals surface area contributed by atoms with Gasteiger partial charge in [0.2, 0.25) is 0 Å². The Morgan fingerprint density at radius 3 is 1.73 bits per heavy atom. The zero-order valence-corrected chi connectivity index (χ0v) is 13.7. The third kappa shape index (κ3) is 3.50. The van der Waals surface area contributed by atoms with Gasteiger partial charge >= 0.3 is 11.9 Å². The van der Waals surface area contributed by atoms with Gasteiger partial charge in [-0.3, -0.25) is 9.97 Å². The minimum Gasteiger partial charge on any atom is -0.479 e. The maximum Gasteiger partial charge on any atom is 0.335 e. The Morgan fingerprint density at radius 2 is 1.35 bits per heavy atom. The second-order valence-electron chi connectivity index (χ2n) is 6.38. The van der Waals surface area contributed by atoms with Crippen molar-refractivity contribution in [2.45, 2.75) is 30.5 Å². The fourth-order valence-electron chi connectivity index (χ4n) is 3.44. The number of benzene rings is 1. The minimum absolute atomic E-state index is 0.695.